The van der Waals surface area contributed by atoms with Gasteiger partial charge >= 0.3 is 0 Å². The molecule has 0 fully saturated rings. The van der Waals surface area contributed by atoms with Crippen LogP contribution in [0.1, 0.15) is 15.9 Å². The summed E-state index contributed by atoms with van der Waals surface area (Å²) < 4.78 is 0.996. The Balaban J connectivity index is 2.18. The number of halogens is 1. The van der Waals surface area contributed by atoms with Gasteiger partial charge in [-0.1, -0.05) is 15.9 Å². The number of carbonyl (C=O) groups excluding carboxylic acids is 1. The molecule has 0 bridgehead atoms. The van der Waals surface area contributed by atoms with Crippen molar-refractivity contribution in [2.24, 2.45) is 0 Å². The Hall–Kier alpha value is -1.68. The van der Waals surface area contributed by atoms with Crippen LogP contribution in [-0.4, -0.2) is 10.9 Å². The first kappa shape index (κ1) is 11.8. The fourth-order valence-corrected chi connectivity index (χ4v) is 1.67. The van der Waals surface area contributed by atoms with E-state index in [1.165, 1.54) is 0 Å². The zero-order valence-corrected chi connectivity index (χ0v) is 10.9. The number of anilines is 1. The first-order valence-corrected chi connectivity index (χ1v) is 5.93. The van der Waals surface area contributed by atoms with Crippen molar-refractivity contribution < 1.29 is 4.79 Å². The summed E-state index contributed by atoms with van der Waals surface area (Å²) in [5, 5.41) is 2.79. The standard InChI is InChI=1S/C13H11BrN2O/c1-9-7-10(4-5-12(9)14)13(17)16-11-3-2-6-15-8-11/h2-8H,1H3,(H,16,17). The normalized spacial score (nSPS) is 10.0. The molecule has 0 aliphatic heterocycles. The topological polar surface area (TPSA) is 42.0 Å². The van der Waals surface area contributed by atoms with Crippen LogP contribution in [0.25, 0.3) is 0 Å². The second-order valence-electron chi connectivity index (χ2n) is 3.66. The summed E-state index contributed by atoms with van der Waals surface area (Å²) >= 11 is 3.40. The first-order valence-electron chi connectivity index (χ1n) is 5.14. The van der Waals surface area contributed by atoms with Crippen LogP contribution in [0.3, 0.4) is 0 Å². The molecule has 1 N–H and O–H groups in total. The molecule has 1 aromatic carbocycles. The minimum absolute atomic E-state index is 0.131. The van der Waals surface area contributed by atoms with Gasteiger partial charge in [-0.3, -0.25) is 9.78 Å². The summed E-state index contributed by atoms with van der Waals surface area (Å²) in [5.74, 6) is -0.131. The van der Waals surface area contributed by atoms with E-state index in [1.54, 1.807) is 30.6 Å². The van der Waals surface area contributed by atoms with Crippen molar-refractivity contribution in [2.75, 3.05) is 5.32 Å². The number of nitrogens with zero attached hydrogens (tertiary/aromatic N) is 1. The van der Waals surface area contributed by atoms with Crippen molar-refractivity contribution in [3.63, 3.8) is 0 Å². The molecular weight excluding hydrogens is 280 g/mol. The largest absolute Gasteiger partial charge is 0.321 e. The molecule has 0 spiro atoms. The number of nitrogens with one attached hydrogen (secondary N) is 1. The SMILES string of the molecule is Cc1cc(C(=O)Nc2cccnc2)ccc1Br. The van der Waals surface area contributed by atoms with Gasteiger partial charge < -0.3 is 5.32 Å². The highest BCUT2D eigenvalue weighted by Gasteiger charge is 2.07. The van der Waals surface area contributed by atoms with E-state index in [-0.39, 0.29) is 5.91 Å². The Morgan fingerprint density at radius 3 is 2.82 bits per heavy atom. The number of amides is 1. The van der Waals surface area contributed by atoms with Gasteiger partial charge in [0.15, 0.2) is 0 Å². The molecule has 0 saturated heterocycles. The van der Waals surface area contributed by atoms with E-state index in [4.69, 9.17) is 0 Å². The molecular formula is C13H11BrN2O. The number of carbonyl (C=O) groups is 1. The molecule has 1 heterocycles. The summed E-state index contributed by atoms with van der Waals surface area (Å²) in [5.41, 5.74) is 2.36. The van der Waals surface area contributed by atoms with Crippen LogP contribution in [0.4, 0.5) is 5.69 Å². The second-order valence-corrected chi connectivity index (χ2v) is 4.51. The summed E-state index contributed by atoms with van der Waals surface area (Å²) in [7, 11) is 0. The van der Waals surface area contributed by atoms with Gasteiger partial charge in [-0.25, -0.2) is 0 Å². The number of hydrogen-bond donors (Lipinski definition) is 1. The lowest BCUT2D eigenvalue weighted by atomic mass is 10.1. The second kappa shape index (κ2) is 5.10. The number of rotatable bonds is 2. The van der Waals surface area contributed by atoms with E-state index in [9.17, 15) is 4.79 Å². The van der Waals surface area contributed by atoms with Crippen molar-refractivity contribution >= 4 is 27.5 Å². The van der Waals surface area contributed by atoms with Crippen LogP contribution >= 0.6 is 15.9 Å². The average Bonchev–Trinajstić information content (AvgIpc) is 2.34. The summed E-state index contributed by atoms with van der Waals surface area (Å²) in [4.78, 5) is 15.9. The van der Waals surface area contributed by atoms with Crippen molar-refractivity contribution in [1.82, 2.24) is 4.98 Å². The van der Waals surface area contributed by atoms with Crippen LogP contribution in [0.2, 0.25) is 0 Å². The van der Waals surface area contributed by atoms with Gasteiger partial charge in [0.05, 0.1) is 11.9 Å². The van der Waals surface area contributed by atoms with E-state index in [0.29, 0.717) is 11.3 Å². The Kier molecular flexibility index (Phi) is 3.54. The Bertz CT molecular complexity index is 540. The molecule has 0 aliphatic rings. The molecule has 17 heavy (non-hydrogen) atoms. The molecule has 0 aliphatic carbocycles. The molecule has 86 valence electrons. The fourth-order valence-electron chi connectivity index (χ4n) is 1.43. The van der Waals surface area contributed by atoms with Crippen LogP contribution in [0.5, 0.6) is 0 Å². The predicted molar refractivity (Wildman–Crippen MR) is 71.1 cm³/mol. The minimum atomic E-state index is -0.131. The lowest BCUT2D eigenvalue weighted by Gasteiger charge is -2.06. The quantitative estimate of drug-likeness (QED) is 0.921. The van der Waals surface area contributed by atoms with Crippen LogP contribution in [0.15, 0.2) is 47.2 Å². The van der Waals surface area contributed by atoms with Crippen LogP contribution in [-0.2, 0) is 0 Å². The van der Waals surface area contributed by atoms with Crippen molar-refractivity contribution in [3.8, 4) is 0 Å². The van der Waals surface area contributed by atoms with Crippen molar-refractivity contribution in [2.45, 2.75) is 6.92 Å². The average molecular weight is 291 g/mol. The zero-order valence-electron chi connectivity index (χ0n) is 9.27. The van der Waals surface area contributed by atoms with Crippen LogP contribution in [0, 0.1) is 6.92 Å². The highest BCUT2D eigenvalue weighted by atomic mass is 79.9. The maximum absolute atomic E-state index is 11.9. The van der Waals surface area contributed by atoms with Gasteiger partial charge in [0.2, 0.25) is 0 Å². The molecule has 0 radical (unpaired) electrons. The number of aromatic nitrogens is 1. The fraction of sp³-hybridized carbons (Fsp3) is 0.0769. The number of benzene rings is 1. The smallest absolute Gasteiger partial charge is 0.255 e. The maximum atomic E-state index is 11.9. The minimum Gasteiger partial charge on any atom is -0.321 e. The molecule has 0 unspecified atom stereocenters. The Labute approximate surface area is 108 Å². The highest BCUT2D eigenvalue weighted by Crippen LogP contribution is 2.17. The van der Waals surface area contributed by atoms with E-state index < -0.39 is 0 Å². The van der Waals surface area contributed by atoms with Gasteiger partial charge in [0.1, 0.15) is 0 Å². The molecule has 0 saturated carbocycles. The lowest BCUT2D eigenvalue weighted by Crippen LogP contribution is -2.12. The number of hydrogen-bond acceptors (Lipinski definition) is 2. The highest BCUT2D eigenvalue weighted by molar-refractivity contribution is 9.10. The third-order valence-electron chi connectivity index (χ3n) is 2.34. The Morgan fingerprint density at radius 1 is 1.35 bits per heavy atom. The van der Waals surface area contributed by atoms with E-state index in [0.717, 1.165) is 10.0 Å². The van der Waals surface area contributed by atoms with Crippen LogP contribution < -0.4 is 5.32 Å². The van der Waals surface area contributed by atoms with Crippen molar-refractivity contribution in [3.05, 3.63) is 58.3 Å². The zero-order chi connectivity index (χ0) is 12.3. The Morgan fingerprint density at radius 2 is 2.18 bits per heavy atom. The number of pyridine rings is 1. The molecule has 2 rings (SSSR count). The van der Waals surface area contributed by atoms with Gasteiger partial charge in [0, 0.05) is 16.2 Å². The maximum Gasteiger partial charge on any atom is 0.255 e. The molecule has 1 amide bonds. The van der Waals surface area contributed by atoms with Gasteiger partial charge in [-0.2, -0.15) is 0 Å². The first-order chi connectivity index (χ1) is 8.16. The summed E-state index contributed by atoms with van der Waals surface area (Å²) in [6, 6.07) is 9.07. The van der Waals surface area contributed by atoms with Crippen molar-refractivity contribution in [1.29, 1.82) is 0 Å². The predicted octanol–water partition coefficient (Wildman–Crippen LogP) is 3.40. The van der Waals surface area contributed by atoms with E-state index in [1.807, 2.05) is 19.1 Å². The van der Waals surface area contributed by atoms with E-state index >= 15 is 0 Å². The van der Waals surface area contributed by atoms with Gasteiger partial charge in [0.25, 0.3) is 5.91 Å². The van der Waals surface area contributed by atoms with Gasteiger partial charge in [-0.15, -0.1) is 0 Å². The molecule has 0 atom stereocenters. The van der Waals surface area contributed by atoms with E-state index in [2.05, 4.69) is 26.2 Å². The third kappa shape index (κ3) is 2.91. The summed E-state index contributed by atoms with van der Waals surface area (Å²) in [6.45, 7) is 1.95. The molecule has 2 aromatic rings. The molecule has 1 aromatic heterocycles. The molecule has 4 heteroatoms. The summed E-state index contributed by atoms with van der Waals surface area (Å²) in [6.07, 6.45) is 3.28. The monoisotopic (exact) mass is 290 g/mol. The molecule has 3 nitrogen and oxygen atoms in total. The lowest BCUT2D eigenvalue weighted by molar-refractivity contribution is 0.102. The number of aryl methyl sites for hydroxylation is 1. The third-order valence-corrected chi connectivity index (χ3v) is 3.23. The van der Waals surface area contributed by atoms with Gasteiger partial charge in [-0.05, 0) is 42.8 Å².